The molecule has 9 heteroatoms. The summed E-state index contributed by atoms with van der Waals surface area (Å²) in [5.74, 6) is 2.23. The maximum absolute atomic E-state index is 14.9. The molecule has 2 heterocycles. The topological polar surface area (TPSA) is 107 Å². The van der Waals surface area contributed by atoms with Crippen LogP contribution in [-0.2, 0) is 11.2 Å². The van der Waals surface area contributed by atoms with Crippen molar-refractivity contribution in [1.82, 2.24) is 0 Å². The average molecular weight is 464 g/mol. The highest BCUT2D eigenvalue weighted by Gasteiger charge is 2.54. The van der Waals surface area contributed by atoms with Crippen molar-refractivity contribution < 1.29 is 43.4 Å². The van der Waals surface area contributed by atoms with E-state index in [4.69, 9.17) is 23.7 Å². The van der Waals surface area contributed by atoms with Crippen LogP contribution in [0, 0.1) is 0 Å². The molecule has 0 bridgehead atoms. The Morgan fingerprint density at radius 1 is 1.03 bits per heavy atom. The lowest BCUT2D eigenvalue weighted by Crippen LogP contribution is -2.60. The molecule has 2 aliphatic heterocycles. The average Bonchev–Trinajstić information content (AvgIpc) is 2.82. The molecule has 0 radical (unpaired) electrons. The highest BCUT2D eigenvalue weighted by Crippen LogP contribution is 2.44. The van der Waals surface area contributed by atoms with Crippen molar-refractivity contribution in [3.63, 3.8) is 0 Å². The number of methoxy groups -OCH3 is 2. The summed E-state index contributed by atoms with van der Waals surface area (Å²) >= 11 is 0. The van der Waals surface area contributed by atoms with Crippen LogP contribution in [0.5, 0.6) is 23.0 Å². The van der Waals surface area contributed by atoms with E-state index in [9.17, 15) is 19.7 Å². The molecule has 180 valence electrons. The molecule has 0 unspecified atom stereocenters. The normalized spacial score (nSPS) is 28.9. The second kappa shape index (κ2) is 9.34. The van der Waals surface area contributed by atoms with Crippen molar-refractivity contribution in [2.75, 3.05) is 34.0 Å². The van der Waals surface area contributed by atoms with Crippen LogP contribution >= 0.6 is 0 Å². The van der Waals surface area contributed by atoms with E-state index in [0.717, 1.165) is 18.1 Å². The first-order valence-corrected chi connectivity index (χ1v) is 10.7. The van der Waals surface area contributed by atoms with E-state index >= 15 is 0 Å². The van der Waals surface area contributed by atoms with Gasteiger partial charge in [0.25, 0.3) is 0 Å². The summed E-state index contributed by atoms with van der Waals surface area (Å²) in [7, 11) is 2.99. The Kier molecular flexibility index (Phi) is 6.67. The third-order valence-corrected chi connectivity index (χ3v) is 6.26. The quantitative estimate of drug-likeness (QED) is 0.596. The SMILES string of the molecule is COc1cc(OC)c([C@@H]2O[C@H](CO)[C@@](C)(F)[C@H](O)[C@H]2O)cc1Cc1ccc2c(c1)OCCO2. The van der Waals surface area contributed by atoms with Gasteiger partial charge in [0.2, 0.25) is 0 Å². The lowest BCUT2D eigenvalue weighted by Gasteiger charge is -2.45. The van der Waals surface area contributed by atoms with E-state index in [-0.39, 0.29) is 0 Å². The van der Waals surface area contributed by atoms with E-state index in [1.54, 1.807) is 12.1 Å². The Hall–Kier alpha value is -2.59. The van der Waals surface area contributed by atoms with Crippen LogP contribution in [0.2, 0.25) is 0 Å². The molecule has 4 rings (SSSR count). The Morgan fingerprint density at radius 2 is 1.73 bits per heavy atom. The van der Waals surface area contributed by atoms with Gasteiger partial charge in [-0.3, -0.25) is 0 Å². The number of benzene rings is 2. The second-order valence-electron chi connectivity index (χ2n) is 8.38. The first-order valence-electron chi connectivity index (χ1n) is 10.7. The first kappa shape index (κ1) is 23.6. The highest BCUT2D eigenvalue weighted by molar-refractivity contribution is 5.51. The second-order valence-corrected chi connectivity index (χ2v) is 8.38. The molecular weight excluding hydrogens is 435 g/mol. The smallest absolute Gasteiger partial charge is 0.164 e. The van der Waals surface area contributed by atoms with Gasteiger partial charge >= 0.3 is 0 Å². The number of aliphatic hydroxyl groups is 3. The minimum absolute atomic E-state index is 0.341. The van der Waals surface area contributed by atoms with Gasteiger partial charge in [0.1, 0.15) is 49.1 Å². The molecule has 0 saturated carbocycles. The molecule has 0 spiro atoms. The summed E-state index contributed by atoms with van der Waals surface area (Å²) in [5.41, 5.74) is -0.225. The van der Waals surface area contributed by atoms with Crippen LogP contribution in [-0.4, -0.2) is 73.3 Å². The number of aliphatic hydroxyl groups excluding tert-OH is 3. The zero-order valence-corrected chi connectivity index (χ0v) is 18.8. The zero-order valence-electron chi connectivity index (χ0n) is 18.8. The van der Waals surface area contributed by atoms with Gasteiger partial charge in [0, 0.05) is 18.1 Å². The monoisotopic (exact) mass is 464 g/mol. The van der Waals surface area contributed by atoms with Crippen molar-refractivity contribution in [2.45, 2.75) is 43.4 Å². The summed E-state index contributed by atoms with van der Waals surface area (Å²) in [6.07, 6.45) is -5.34. The minimum atomic E-state index is -2.32. The van der Waals surface area contributed by atoms with Gasteiger partial charge in [0.15, 0.2) is 17.2 Å². The van der Waals surface area contributed by atoms with Crippen molar-refractivity contribution in [3.05, 3.63) is 47.0 Å². The van der Waals surface area contributed by atoms with Gasteiger partial charge in [0.05, 0.1) is 20.8 Å². The predicted molar refractivity (Wildman–Crippen MR) is 116 cm³/mol. The Morgan fingerprint density at radius 3 is 2.39 bits per heavy atom. The fourth-order valence-electron chi connectivity index (χ4n) is 4.33. The Bertz CT molecular complexity index is 991. The molecule has 1 saturated heterocycles. The van der Waals surface area contributed by atoms with Gasteiger partial charge in [-0.25, -0.2) is 4.39 Å². The molecule has 1 fully saturated rings. The van der Waals surface area contributed by atoms with E-state index in [0.29, 0.717) is 48.2 Å². The van der Waals surface area contributed by atoms with Crippen LogP contribution in [0.25, 0.3) is 0 Å². The summed E-state index contributed by atoms with van der Waals surface area (Å²) in [5, 5.41) is 30.7. The molecule has 2 aliphatic rings. The largest absolute Gasteiger partial charge is 0.496 e. The van der Waals surface area contributed by atoms with Gasteiger partial charge in [-0.2, -0.15) is 0 Å². The molecule has 0 amide bonds. The molecule has 5 atom stereocenters. The zero-order chi connectivity index (χ0) is 23.8. The number of rotatable bonds is 6. The summed E-state index contributed by atoms with van der Waals surface area (Å²) in [6.45, 7) is 1.42. The molecule has 8 nitrogen and oxygen atoms in total. The van der Waals surface area contributed by atoms with Crippen LogP contribution in [0.1, 0.15) is 29.7 Å². The van der Waals surface area contributed by atoms with E-state index < -0.39 is 36.7 Å². The van der Waals surface area contributed by atoms with Gasteiger partial charge in [-0.05, 0) is 36.2 Å². The number of hydrogen-bond acceptors (Lipinski definition) is 8. The lowest BCUT2D eigenvalue weighted by atomic mass is 9.83. The molecule has 2 aromatic rings. The minimum Gasteiger partial charge on any atom is -0.496 e. The Balaban J connectivity index is 1.71. The lowest BCUT2D eigenvalue weighted by molar-refractivity contribution is -0.249. The van der Waals surface area contributed by atoms with Crippen LogP contribution in [0.3, 0.4) is 0 Å². The van der Waals surface area contributed by atoms with Crippen molar-refractivity contribution in [3.8, 4) is 23.0 Å². The maximum atomic E-state index is 14.9. The standard InChI is InChI=1S/C24H29FO8/c1-24(25)20(12-26)33-22(21(27)23(24)28)15-10-14(17(29-2)11-18(15)30-3)8-13-4-5-16-19(9-13)32-7-6-31-16/h4-5,9-11,20-23,26-28H,6-8,12H2,1-3H3/t20-,21+,22+,23-,24-/m1/s1. The fourth-order valence-corrected chi connectivity index (χ4v) is 4.33. The molecule has 2 aromatic carbocycles. The summed E-state index contributed by atoms with van der Waals surface area (Å²) < 4.78 is 42.9. The van der Waals surface area contributed by atoms with E-state index in [1.807, 2.05) is 18.2 Å². The molecule has 0 aromatic heterocycles. The molecule has 0 aliphatic carbocycles. The van der Waals surface area contributed by atoms with Crippen LogP contribution in [0.4, 0.5) is 4.39 Å². The highest BCUT2D eigenvalue weighted by atomic mass is 19.1. The molecule has 33 heavy (non-hydrogen) atoms. The first-order chi connectivity index (χ1) is 15.8. The molecular formula is C24H29FO8. The van der Waals surface area contributed by atoms with Crippen LogP contribution < -0.4 is 18.9 Å². The van der Waals surface area contributed by atoms with Crippen molar-refractivity contribution in [2.24, 2.45) is 0 Å². The predicted octanol–water partition coefficient (Wildman–Crippen LogP) is 1.95. The Labute approximate surface area is 191 Å². The third-order valence-electron chi connectivity index (χ3n) is 6.26. The summed E-state index contributed by atoms with van der Waals surface area (Å²) in [6, 6.07) is 9.05. The third kappa shape index (κ3) is 4.33. The molecule has 3 N–H and O–H groups in total. The van der Waals surface area contributed by atoms with Gasteiger partial charge in [-0.1, -0.05) is 6.07 Å². The van der Waals surface area contributed by atoms with Crippen molar-refractivity contribution in [1.29, 1.82) is 0 Å². The summed E-state index contributed by atoms with van der Waals surface area (Å²) in [4.78, 5) is 0. The van der Waals surface area contributed by atoms with Crippen molar-refractivity contribution >= 4 is 0 Å². The number of alkyl halides is 1. The van der Waals surface area contributed by atoms with E-state index in [2.05, 4.69) is 0 Å². The number of halogens is 1. The van der Waals surface area contributed by atoms with Crippen LogP contribution in [0.15, 0.2) is 30.3 Å². The number of fused-ring (bicyclic) bond motifs is 1. The van der Waals surface area contributed by atoms with E-state index in [1.165, 1.54) is 14.2 Å². The van der Waals surface area contributed by atoms with Gasteiger partial charge < -0.3 is 39.0 Å². The maximum Gasteiger partial charge on any atom is 0.164 e. The van der Waals surface area contributed by atoms with Gasteiger partial charge in [-0.15, -0.1) is 0 Å². The number of hydrogen-bond donors (Lipinski definition) is 3. The number of ether oxygens (including phenoxy) is 5. The fraction of sp³-hybridized carbons (Fsp3) is 0.500.